The zero-order chi connectivity index (χ0) is 17.8. The smallest absolute Gasteiger partial charge is 0.308 e. The molecule has 1 fully saturated rings. The number of aromatic nitrogens is 2. The highest BCUT2D eigenvalue weighted by atomic mass is 35.5. The summed E-state index contributed by atoms with van der Waals surface area (Å²) in [6.07, 6.45) is 2.89. The number of anilines is 4. The van der Waals surface area contributed by atoms with Crippen LogP contribution in [-0.2, 0) is 9.53 Å². The summed E-state index contributed by atoms with van der Waals surface area (Å²) in [6.45, 7) is 1.37. The van der Waals surface area contributed by atoms with E-state index < -0.39 is 0 Å². The van der Waals surface area contributed by atoms with Crippen LogP contribution in [-0.4, -0.2) is 36.1 Å². The molecule has 2 aromatic rings. The Hall–Kier alpha value is -2.54. The minimum atomic E-state index is -0.156. The fraction of sp³-hybridized carbons (Fsp3) is 0.353. The molecule has 0 radical (unpaired) electrons. The number of nitrogens with zero attached hydrogens (tertiary/aromatic N) is 3. The number of piperidine rings is 1. The minimum Gasteiger partial charge on any atom is -0.469 e. The highest BCUT2D eigenvalue weighted by Gasteiger charge is 2.27. The van der Waals surface area contributed by atoms with Gasteiger partial charge in [0.1, 0.15) is 12.0 Å². The largest absolute Gasteiger partial charge is 0.469 e. The van der Waals surface area contributed by atoms with Crippen molar-refractivity contribution in [2.45, 2.75) is 12.8 Å². The topological polar surface area (TPSA) is 93.4 Å². The van der Waals surface area contributed by atoms with Crippen LogP contribution in [0.25, 0.3) is 0 Å². The Morgan fingerprint density at radius 2 is 2.04 bits per heavy atom. The van der Waals surface area contributed by atoms with Crippen molar-refractivity contribution < 1.29 is 9.53 Å². The van der Waals surface area contributed by atoms with Gasteiger partial charge in [-0.1, -0.05) is 23.7 Å². The van der Waals surface area contributed by atoms with Gasteiger partial charge in [0.25, 0.3) is 0 Å². The van der Waals surface area contributed by atoms with Crippen molar-refractivity contribution in [2.75, 3.05) is 36.1 Å². The van der Waals surface area contributed by atoms with Gasteiger partial charge < -0.3 is 20.7 Å². The van der Waals surface area contributed by atoms with Crippen LogP contribution < -0.4 is 16.0 Å². The van der Waals surface area contributed by atoms with Crippen LogP contribution in [0.1, 0.15) is 12.8 Å². The minimum absolute atomic E-state index is 0.0648. The van der Waals surface area contributed by atoms with Gasteiger partial charge >= 0.3 is 5.97 Å². The van der Waals surface area contributed by atoms with E-state index in [0.29, 0.717) is 48.3 Å². The lowest BCUT2D eigenvalue weighted by molar-refractivity contribution is -0.146. The lowest BCUT2D eigenvalue weighted by Crippen LogP contribution is -2.37. The number of nitrogens with one attached hydrogen (secondary N) is 1. The first-order valence-corrected chi connectivity index (χ1v) is 8.42. The number of benzene rings is 1. The number of carbonyl (C=O) groups is 1. The Morgan fingerprint density at radius 3 is 2.72 bits per heavy atom. The number of carbonyl (C=O) groups excluding carboxylic acids is 1. The molecule has 0 amide bonds. The zero-order valence-electron chi connectivity index (χ0n) is 13.9. The van der Waals surface area contributed by atoms with Crippen LogP contribution in [0.3, 0.4) is 0 Å². The average molecular weight is 362 g/mol. The molecule has 2 heterocycles. The lowest BCUT2D eigenvalue weighted by Gasteiger charge is -2.32. The van der Waals surface area contributed by atoms with Crippen molar-refractivity contribution in [1.82, 2.24) is 9.97 Å². The standard InChI is InChI=1S/C17H20ClN5O2/c1-25-17(24)11-6-8-23(9-7-11)16-14(19)15(20-10-21-16)22-13-5-3-2-4-12(13)18/h2-5,10-11H,6-9,19H2,1H3,(H,20,21,22). The third-order valence-electron chi connectivity index (χ3n) is 4.32. The molecule has 3 N–H and O–H groups in total. The number of methoxy groups -OCH3 is 1. The van der Waals surface area contributed by atoms with E-state index in [1.165, 1.54) is 13.4 Å². The molecule has 8 heteroatoms. The Kier molecular flexibility index (Phi) is 5.23. The number of nitrogens with two attached hydrogens (primary N) is 1. The van der Waals surface area contributed by atoms with E-state index in [4.69, 9.17) is 22.1 Å². The fourth-order valence-electron chi connectivity index (χ4n) is 2.92. The van der Waals surface area contributed by atoms with Crippen molar-refractivity contribution in [3.8, 4) is 0 Å². The maximum absolute atomic E-state index is 11.7. The summed E-state index contributed by atoms with van der Waals surface area (Å²) in [4.78, 5) is 22.3. The zero-order valence-corrected chi connectivity index (χ0v) is 14.7. The van der Waals surface area contributed by atoms with Gasteiger partial charge in [-0.25, -0.2) is 9.97 Å². The molecule has 1 aromatic heterocycles. The molecule has 0 aliphatic carbocycles. The Morgan fingerprint density at radius 1 is 1.32 bits per heavy atom. The highest BCUT2D eigenvalue weighted by Crippen LogP contribution is 2.33. The summed E-state index contributed by atoms with van der Waals surface area (Å²) >= 11 is 6.17. The van der Waals surface area contributed by atoms with Gasteiger partial charge in [-0.15, -0.1) is 0 Å². The predicted molar refractivity (Wildman–Crippen MR) is 98.1 cm³/mol. The van der Waals surface area contributed by atoms with Gasteiger partial charge in [0.05, 0.1) is 23.7 Å². The molecule has 1 aliphatic rings. The maximum Gasteiger partial charge on any atom is 0.308 e. The molecule has 3 rings (SSSR count). The van der Waals surface area contributed by atoms with Crippen LogP contribution in [0, 0.1) is 5.92 Å². The maximum atomic E-state index is 11.7. The van der Waals surface area contributed by atoms with Crippen LogP contribution in [0.5, 0.6) is 0 Å². The number of hydrogen-bond donors (Lipinski definition) is 2. The number of halogens is 1. The van der Waals surface area contributed by atoms with Crippen LogP contribution in [0.15, 0.2) is 30.6 Å². The molecule has 0 saturated carbocycles. The molecular formula is C17H20ClN5O2. The van der Waals surface area contributed by atoms with Gasteiger partial charge in [-0.3, -0.25) is 4.79 Å². The first kappa shape index (κ1) is 17.3. The molecule has 132 valence electrons. The number of nitrogen functional groups attached to an aromatic ring is 1. The van der Waals surface area contributed by atoms with Crippen molar-refractivity contribution >= 4 is 40.6 Å². The molecule has 25 heavy (non-hydrogen) atoms. The van der Waals surface area contributed by atoms with E-state index in [0.717, 1.165) is 5.69 Å². The fourth-order valence-corrected chi connectivity index (χ4v) is 3.10. The number of esters is 1. The second kappa shape index (κ2) is 7.57. The van der Waals surface area contributed by atoms with Crippen molar-refractivity contribution in [2.24, 2.45) is 5.92 Å². The highest BCUT2D eigenvalue weighted by molar-refractivity contribution is 6.33. The van der Waals surface area contributed by atoms with E-state index >= 15 is 0 Å². The molecular weight excluding hydrogens is 342 g/mol. The average Bonchev–Trinajstić information content (AvgIpc) is 2.65. The number of rotatable bonds is 4. The summed E-state index contributed by atoms with van der Waals surface area (Å²) in [7, 11) is 1.42. The van der Waals surface area contributed by atoms with Gasteiger partial charge in [-0.05, 0) is 25.0 Å². The van der Waals surface area contributed by atoms with Gasteiger partial charge in [0, 0.05) is 13.1 Å². The molecule has 1 aliphatic heterocycles. The second-order valence-electron chi connectivity index (χ2n) is 5.85. The quantitative estimate of drug-likeness (QED) is 0.808. The first-order valence-electron chi connectivity index (χ1n) is 8.05. The van der Waals surface area contributed by atoms with Crippen molar-refractivity contribution in [1.29, 1.82) is 0 Å². The third-order valence-corrected chi connectivity index (χ3v) is 4.65. The predicted octanol–water partition coefficient (Wildman–Crippen LogP) is 2.85. The Balaban J connectivity index is 1.76. The van der Waals surface area contributed by atoms with Gasteiger partial charge in [0.15, 0.2) is 11.6 Å². The van der Waals surface area contributed by atoms with E-state index in [9.17, 15) is 4.79 Å². The number of ether oxygens (including phenoxy) is 1. The molecule has 1 aromatic carbocycles. The van der Waals surface area contributed by atoms with E-state index in [-0.39, 0.29) is 11.9 Å². The molecule has 0 atom stereocenters. The SMILES string of the molecule is COC(=O)C1CCN(c2ncnc(Nc3ccccc3Cl)c2N)CC1. The summed E-state index contributed by atoms with van der Waals surface area (Å²) in [5.41, 5.74) is 7.45. The molecule has 0 unspecified atom stereocenters. The third kappa shape index (κ3) is 3.76. The first-order chi connectivity index (χ1) is 12.1. The Labute approximate surface area is 151 Å². The summed E-state index contributed by atoms with van der Waals surface area (Å²) in [6, 6.07) is 7.38. The van der Waals surface area contributed by atoms with Crippen molar-refractivity contribution in [3.05, 3.63) is 35.6 Å². The molecule has 7 nitrogen and oxygen atoms in total. The van der Waals surface area contributed by atoms with E-state index in [2.05, 4.69) is 20.2 Å². The summed E-state index contributed by atoms with van der Waals surface area (Å²) < 4.78 is 4.82. The monoisotopic (exact) mass is 361 g/mol. The summed E-state index contributed by atoms with van der Waals surface area (Å²) in [5.74, 6) is 0.947. The normalized spacial score (nSPS) is 15.0. The van der Waals surface area contributed by atoms with Gasteiger partial charge in [0.2, 0.25) is 0 Å². The Bertz CT molecular complexity index is 762. The number of hydrogen-bond acceptors (Lipinski definition) is 7. The molecule has 0 spiro atoms. The molecule has 1 saturated heterocycles. The molecule has 0 bridgehead atoms. The van der Waals surface area contributed by atoms with Crippen molar-refractivity contribution in [3.63, 3.8) is 0 Å². The van der Waals surface area contributed by atoms with E-state index in [1.807, 2.05) is 18.2 Å². The van der Waals surface area contributed by atoms with Crippen LogP contribution in [0.2, 0.25) is 5.02 Å². The van der Waals surface area contributed by atoms with Crippen LogP contribution >= 0.6 is 11.6 Å². The summed E-state index contributed by atoms with van der Waals surface area (Å²) in [5, 5.41) is 3.73. The number of para-hydroxylation sites is 1. The van der Waals surface area contributed by atoms with Crippen LogP contribution in [0.4, 0.5) is 23.0 Å². The second-order valence-corrected chi connectivity index (χ2v) is 6.26. The van der Waals surface area contributed by atoms with Gasteiger partial charge in [-0.2, -0.15) is 0 Å². The lowest BCUT2D eigenvalue weighted by atomic mass is 9.97. The van der Waals surface area contributed by atoms with E-state index in [1.54, 1.807) is 6.07 Å².